The lowest BCUT2D eigenvalue weighted by molar-refractivity contribution is -0.154. The molecule has 0 saturated heterocycles. The number of nitrogens with zero attached hydrogens (tertiary/aromatic N) is 2. The summed E-state index contributed by atoms with van der Waals surface area (Å²) in [6.07, 6.45) is 12.5. The van der Waals surface area contributed by atoms with Crippen LogP contribution in [0.2, 0.25) is 0 Å². The highest BCUT2D eigenvalue weighted by molar-refractivity contribution is 7.79. The van der Waals surface area contributed by atoms with E-state index in [1.165, 1.54) is 0 Å². The van der Waals surface area contributed by atoms with Crippen LogP contribution in [0.1, 0.15) is 106 Å². The molecule has 0 bridgehead atoms. The minimum atomic E-state index is -0.668. The Morgan fingerprint density at radius 3 is 2.38 bits per heavy atom. The molecule has 0 aliphatic heterocycles. The number of benzene rings is 2. The van der Waals surface area contributed by atoms with Crippen LogP contribution in [0.4, 0.5) is 5.69 Å². The summed E-state index contributed by atoms with van der Waals surface area (Å²) in [7, 11) is 0. The highest BCUT2D eigenvalue weighted by Gasteiger charge is 2.29. The van der Waals surface area contributed by atoms with Crippen LogP contribution in [-0.4, -0.2) is 59.7 Å². The fraction of sp³-hybridized carbons (Fsp3) is 0.487. The van der Waals surface area contributed by atoms with Gasteiger partial charge in [-0.1, -0.05) is 19.8 Å². The maximum Gasteiger partial charge on any atom is 0.311 e. The summed E-state index contributed by atoms with van der Waals surface area (Å²) in [4.78, 5) is 70.8. The molecule has 0 spiro atoms. The predicted octanol–water partition coefficient (Wildman–Crippen LogP) is 5.39. The van der Waals surface area contributed by atoms with Gasteiger partial charge in [-0.25, -0.2) is 4.98 Å². The fourth-order valence-corrected chi connectivity index (χ4v) is 5.58. The number of ether oxygens (including phenoxy) is 2. The summed E-state index contributed by atoms with van der Waals surface area (Å²) in [5, 5.41) is 6.05. The number of amides is 2. The first-order chi connectivity index (χ1) is 24.9. The molecule has 1 aliphatic carbocycles. The zero-order chi connectivity index (χ0) is 38.3. The van der Waals surface area contributed by atoms with Crippen LogP contribution in [0.15, 0.2) is 41.2 Å². The van der Waals surface area contributed by atoms with Gasteiger partial charge in [0.15, 0.2) is 0 Å². The van der Waals surface area contributed by atoms with E-state index in [-0.39, 0.29) is 60.6 Å². The average molecular weight is 734 g/mol. The van der Waals surface area contributed by atoms with Crippen LogP contribution < -0.4 is 21.1 Å². The molecule has 52 heavy (non-hydrogen) atoms. The molecule has 3 aromatic rings. The molecule has 1 aromatic heterocycles. The SMILES string of the molecule is C#CN(c1ccc(C(=O)NCCCC(=O)NCCCC(=O)OCCCC)cc1)C1CCc2cc3nc(COC(=O)C(C)(C)C)[nH]c(=O)c3cc21.CS. The van der Waals surface area contributed by atoms with Crippen molar-refractivity contribution in [2.24, 2.45) is 5.41 Å². The average Bonchev–Trinajstić information content (AvgIpc) is 3.53. The Hall–Kier alpha value is -4.83. The van der Waals surface area contributed by atoms with Gasteiger partial charge in [-0.2, -0.15) is 12.6 Å². The van der Waals surface area contributed by atoms with E-state index >= 15 is 0 Å². The van der Waals surface area contributed by atoms with Gasteiger partial charge in [0.1, 0.15) is 12.4 Å². The fourth-order valence-electron chi connectivity index (χ4n) is 5.58. The van der Waals surface area contributed by atoms with E-state index in [0.717, 1.165) is 42.5 Å². The van der Waals surface area contributed by atoms with Crippen LogP contribution in [0.5, 0.6) is 0 Å². The number of thiol groups is 1. The van der Waals surface area contributed by atoms with Crippen molar-refractivity contribution in [2.75, 3.05) is 30.9 Å². The lowest BCUT2D eigenvalue weighted by atomic mass is 9.97. The molecule has 0 radical (unpaired) electrons. The molecule has 0 fully saturated rings. The summed E-state index contributed by atoms with van der Waals surface area (Å²) in [6.45, 7) is 8.33. The number of anilines is 1. The number of hydrogen-bond donors (Lipinski definition) is 4. The molecule has 2 aromatic carbocycles. The molecule has 1 aliphatic rings. The molecule has 0 saturated carbocycles. The standard InChI is InChI=1S/C38H47N5O7.CH4S/c1-6-8-21-49-34(45)12-10-19-39-33(44)11-9-20-40-35(46)25-13-16-27(17-14-25)43(7-2)31-18-15-26-22-30-29(23-28(26)31)36(47)42-32(41-30)24-50-37(48)38(3,4)5;1-2/h2,13-14,16-17,22-23,31H,6,8-12,15,18-21,24H2,1,3-5H3,(H,39,44)(H,40,46)(H,41,42,47);2H,1H3. The Labute approximate surface area is 311 Å². The smallest absolute Gasteiger partial charge is 0.311 e. The topological polar surface area (TPSA) is 160 Å². The Balaban J connectivity index is 0.00000358. The van der Waals surface area contributed by atoms with Gasteiger partial charge in [0.05, 0.1) is 29.0 Å². The second-order valence-corrected chi connectivity index (χ2v) is 13.4. The minimum absolute atomic E-state index is 0.127. The maximum atomic E-state index is 13.0. The summed E-state index contributed by atoms with van der Waals surface area (Å²) in [5.74, 6) is -0.757. The number of terminal acetylenes is 1. The first kappa shape index (κ1) is 41.6. The van der Waals surface area contributed by atoms with E-state index in [1.54, 1.807) is 56.2 Å². The van der Waals surface area contributed by atoms with Crippen LogP contribution in [0, 0.1) is 17.9 Å². The van der Waals surface area contributed by atoms with Crippen molar-refractivity contribution >= 4 is 53.0 Å². The molecular weight excluding hydrogens is 683 g/mol. The molecule has 1 unspecified atom stereocenters. The van der Waals surface area contributed by atoms with Gasteiger partial charge in [-0.15, -0.1) is 0 Å². The van der Waals surface area contributed by atoms with Gasteiger partial charge in [-0.3, -0.25) is 28.9 Å². The number of H-pyrrole nitrogens is 1. The van der Waals surface area contributed by atoms with E-state index in [1.807, 2.05) is 19.1 Å². The monoisotopic (exact) mass is 733 g/mol. The second kappa shape index (κ2) is 20.3. The van der Waals surface area contributed by atoms with Crippen LogP contribution in [0.25, 0.3) is 10.9 Å². The summed E-state index contributed by atoms with van der Waals surface area (Å²) in [5.41, 5.74) is 2.69. The largest absolute Gasteiger partial charge is 0.466 e. The van der Waals surface area contributed by atoms with E-state index in [9.17, 15) is 24.0 Å². The zero-order valence-electron chi connectivity index (χ0n) is 30.8. The molecule has 12 nitrogen and oxygen atoms in total. The summed E-state index contributed by atoms with van der Waals surface area (Å²) in [6, 6.07) is 13.3. The number of nitrogens with one attached hydrogen (secondary N) is 3. The molecule has 3 N–H and O–H groups in total. The third-order valence-corrected chi connectivity index (χ3v) is 8.38. The van der Waals surface area contributed by atoms with Crippen molar-refractivity contribution in [3.05, 3.63) is 69.3 Å². The van der Waals surface area contributed by atoms with E-state index in [4.69, 9.17) is 15.9 Å². The molecule has 280 valence electrons. The van der Waals surface area contributed by atoms with Crippen molar-refractivity contribution < 1.29 is 28.7 Å². The molecule has 4 rings (SSSR count). The number of fused-ring (bicyclic) bond motifs is 2. The lowest BCUT2D eigenvalue weighted by Gasteiger charge is -2.26. The Morgan fingerprint density at radius 2 is 1.71 bits per heavy atom. The Kier molecular flexibility index (Phi) is 16.2. The van der Waals surface area contributed by atoms with Gasteiger partial charge < -0.3 is 25.1 Å². The highest BCUT2D eigenvalue weighted by atomic mass is 32.1. The minimum Gasteiger partial charge on any atom is -0.466 e. The van der Waals surface area contributed by atoms with Crippen molar-refractivity contribution in [3.8, 4) is 12.5 Å². The number of carbonyl (C=O) groups excluding carboxylic acids is 4. The predicted molar refractivity (Wildman–Crippen MR) is 205 cm³/mol. The van der Waals surface area contributed by atoms with Gasteiger partial charge >= 0.3 is 11.9 Å². The van der Waals surface area contributed by atoms with Gasteiger partial charge in [0.25, 0.3) is 11.5 Å². The van der Waals surface area contributed by atoms with Gasteiger partial charge in [0.2, 0.25) is 5.91 Å². The third-order valence-electron chi connectivity index (χ3n) is 8.38. The number of rotatable bonds is 16. The number of aryl methyl sites for hydroxylation is 1. The van der Waals surface area contributed by atoms with Crippen molar-refractivity contribution in [1.82, 2.24) is 20.6 Å². The number of aromatic nitrogens is 2. The zero-order valence-corrected chi connectivity index (χ0v) is 31.7. The van der Waals surface area contributed by atoms with Crippen molar-refractivity contribution in [3.63, 3.8) is 0 Å². The van der Waals surface area contributed by atoms with Crippen molar-refractivity contribution in [2.45, 2.75) is 91.7 Å². The first-order valence-electron chi connectivity index (χ1n) is 17.6. The normalized spacial score (nSPS) is 13.2. The number of carbonyl (C=O) groups is 4. The van der Waals surface area contributed by atoms with Gasteiger partial charge in [-0.05, 0) is 107 Å². The van der Waals surface area contributed by atoms with Crippen LogP contribution in [0.3, 0.4) is 0 Å². The number of aromatic amines is 1. The number of esters is 2. The van der Waals surface area contributed by atoms with E-state index in [2.05, 4.69) is 39.3 Å². The first-order valence-corrected chi connectivity index (χ1v) is 18.5. The second-order valence-electron chi connectivity index (χ2n) is 13.4. The number of unbranched alkanes of at least 4 members (excludes halogenated alkanes) is 1. The Bertz CT molecular complexity index is 1790. The van der Waals surface area contributed by atoms with Gasteiger partial charge in [0, 0.05) is 43.2 Å². The molecule has 1 heterocycles. The molecule has 13 heteroatoms. The lowest BCUT2D eigenvalue weighted by Crippen LogP contribution is -2.28. The quantitative estimate of drug-likeness (QED) is 0.0498. The summed E-state index contributed by atoms with van der Waals surface area (Å²) < 4.78 is 10.4. The number of hydrogen-bond acceptors (Lipinski definition) is 10. The molecule has 2 amide bonds. The molecular formula is C39H51N5O7S. The Morgan fingerprint density at radius 1 is 1.02 bits per heavy atom. The van der Waals surface area contributed by atoms with E-state index < -0.39 is 5.41 Å². The molecule has 1 atom stereocenters. The highest BCUT2D eigenvalue weighted by Crippen LogP contribution is 2.39. The van der Waals surface area contributed by atoms with Crippen LogP contribution in [-0.2, 0) is 36.9 Å². The van der Waals surface area contributed by atoms with E-state index in [0.29, 0.717) is 49.0 Å². The van der Waals surface area contributed by atoms with Crippen LogP contribution >= 0.6 is 12.6 Å². The third kappa shape index (κ3) is 11.9. The van der Waals surface area contributed by atoms with Crippen molar-refractivity contribution in [1.29, 1.82) is 0 Å². The summed E-state index contributed by atoms with van der Waals surface area (Å²) >= 11 is 3.53. The maximum absolute atomic E-state index is 13.0.